The molecule has 8 rings (SSSR count). The lowest BCUT2D eigenvalue weighted by atomic mass is 9.92. The lowest BCUT2D eigenvalue weighted by Gasteiger charge is -2.42. The van der Waals surface area contributed by atoms with Crippen LogP contribution in [0, 0.1) is 18.2 Å². The minimum absolute atomic E-state index is 0.0742. The zero-order chi connectivity index (χ0) is 35.8. The number of carbonyl (C=O) groups is 1. The van der Waals surface area contributed by atoms with Gasteiger partial charge in [0.25, 0.3) is 0 Å². The molecule has 2 aromatic carbocycles. The minimum atomic E-state index is -0.616. The number of fused-ring (bicyclic) bond motifs is 5. The van der Waals surface area contributed by atoms with Gasteiger partial charge in [0, 0.05) is 43.3 Å². The third kappa shape index (κ3) is 5.77. The first kappa shape index (κ1) is 33.4. The summed E-state index contributed by atoms with van der Waals surface area (Å²) in [7, 11) is 0. The number of terminal acetylenes is 1. The minimum Gasteiger partial charge on any atom is -0.461 e. The van der Waals surface area contributed by atoms with Crippen molar-refractivity contribution in [2.45, 2.75) is 69.7 Å². The third-order valence-electron chi connectivity index (χ3n) is 10.6. The third-order valence-corrected chi connectivity index (χ3v) is 10.9. The van der Waals surface area contributed by atoms with Crippen molar-refractivity contribution in [3.8, 4) is 29.6 Å². The summed E-state index contributed by atoms with van der Waals surface area (Å²) >= 11 is 6.51. The molecule has 0 radical (unpaired) electrons. The van der Waals surface area contributed by atoms with Gasteiger partial charge in [-0.25, -0.2) is 9.18 Å². The van der Waals surface area contributed by atoms with Crippen LogP contribution in [0.4, 0.5) is 15.0 Å². The van der Waals surface area contributed by atoms with Crippen LogP contribution in [0.15, 0.2) is 60.8 Å². The van der Waals surface area contributed by atoms with Crippen LogP contribution in [0.25, 0.3) is 32.9 Å². The van der Waals surface area contributed by atoms with Gasteiger partial charge in [0.2, 0.25) is 0 Å². The van der Waals surface area contributed by atoms with E-state index in [1.54, 1.807) is 18.3 Å². The molecular formula is C40H40ClFN6O3. The molecule has 9 nitrogen and oxygen atoms in total. The van der Waals surface area contributed by atoms with Crippen molar-refractivity contribution in [3.05, 3.63) is 77.2 Å². The molecule has 4 aliphatic heterocycles. The van der Waals surface area contributed by atoms with Gasteiger partial charge in [0.15, 0.2) is 5.82 Å². The standard InChI is InChI=1S/C40H40ClFN6O3/c1-7-28-31(41)14-11-25-9-8-10-29(32(25)28)34-33(42)35-30(17-43-34)36(46-20-26-12-13-27(21-46)48(26)38(49)51-39(4,5)6)45-37(44-35)50-22-40-15-23(2)18-47(40)19-24(3)16-40/h1,8-11,14,17,26-27H,2-3,12-13,15-16,18-22H2,4-6H3/t26-,27+. The van der Waals surface area contributed by atoms with E-state index in [0.717, 1.165) is 55.3 Å². The molecule has 4 aliphatic rings. The van der Waals surface area contributed by atoms with Crippen LogP contribution in [-0.4, -0.2) is 86.9 Å². The summed E-state index contributed by atoms with van der Waals surface area (Å²) in [6.07, 6.45) is 10.4. The highest BCUT2D eigenvalue weighted by molar-refractivity contribution is 6.33. The average Bonchev–Trinajstić information content (AvgIpc) is 3.65. The van der Waals surface area contributed by atoms with E-state index in [1.807, 2.05) is 43.9 Å². The van der Waals surface area contributed by atoms with Crippen LogP contribution in [0.5, 0.6) is 6.01 Å². The summed E-state index contributed by atoms with van der Waals surface area (Å²) in [5.41, 5.74) is 2.56. The Morgan fingerprint density at radius 2 is 1.80 bits per heavy atom. The van der Waals surface area contributed by atoms with E-state index in [4.69, 9.17) is 37.5 Å². The monoisotopic (exact) mass is 706 g/mol. The number of rotatable bonds is 5. The number of nitrogens with zero attached hydrogens (tertiary/aromatic N) is 6. The molecule has 0 N–H and O–H groups in total. The van der Waals surface area contributed by atoms with E-state index in [0.29, 0.717) is 52.4 Å². The van der Waals surface area contributed by atoms with Crippen LogP contribution in [0.3, 0.4) is 0 Å². The normalized spacial score (nSPS) is 21.4. The average molecular weight is 707 g/mol. The van der Waals surface area contributed by atoms with Gasteiger partial charge < -0.3 is 14.4 Å². The fourth-order valence-corrected chi connectivity index (χ4v) is 8.76. The maximum absolute atomic E-state index is 17.1. The largest absolute Gasteiger partial charge is 0.461 e. The maximum atomic E-state index is 17.1. The summed E-state index contributed by atoms with van der Waals surface area (Å²) in [6.45, 7) is 17.0. The molecule has 51 heavy (non-hydrogen) atoms. The molecule has 11 heteroatoms. The summed E-state index contributed by atoms with van der Waals surface area (Å²) in [5, 5.41) is 2.31. The second kappa shape index (κ2) is 12.2. The molecule has 0 saturated carbocycles. The lowest BCUT2D eigenvalue weighted by molar-refractivity contribution is 0.0122. The van der Waals surface area contributed by atoms with Crippen molar-refractivity contribution < 1.29 is 18.7 Å². The number of benzene rings is 2. The molecule has 6 heterocycles. The molecule has 1 amide bonds. The maximum Gasteiger partial charge on any atom is 0.410 e. The molecule has 2 atom stereocenters. The number of piperazine rings is 1. The molecule has 4 aromatic rings. The van der Waals surface area contributed by atoms with Crippen molar-refractivity contribution in [3.63, 3.8) is 0 Å². The van der Waals surface area contributed by atoms with Crippen LogP contribution >= 0.6 is 11.6 Å². The predicted molar refractivity (Wildman–Crippen MR) is 198 cm³/mol. The van der Waals surface area contributed by atoms with Gasteiger partial charge in [-0.15, -0.1) is 6.42 Å². The van der Waals surface area contributed by atoms with E-state index in [2.05, 4.69) is 33.9 Å². The molecular weight excluding hydrogens is 667 g/mol. The highest BCUT2D eigenvalue weighted by atomic mass is 35.5. The van der Waals surface area contributed by atoms with Gasteiger partial charge in [-0.05, 0) is 57.9 Å². The number of hydrogen-bond acceptors (Lipinski definition) is 8. The van der Waals surface area contributed by atoms with Crippen molar-refractivity contribution in [2.24, 2.45) is 0 Å². The topological polar surface area (TPSA) is 83.9 Å². The van der Waals surface area contributed by atoms with Crippen LogP contribution in [0.1, 0.15) is 52.0 Å². The number of halogens is 2. The fourth-order valence-electron chi connectivity index (χ4n) is 8.55. The number of ether oxygens (including phenoxy) is 2. The van der Waals surface area contributed by atoms with E-state index in [-0.39, 0.29) is 40.9 Å². The van der Waals surface area contributed by atoms with Crippen LogP contribution in [0.2, 0.25) is 5.02 Å². The number of carbonyl (C=O) groups excluding carboxylic acids is 1. The summed E-state index contributed by atoms with van der Waals surface area (Å²) in [4.78, 5) is 33.9. The quantitative estimate of drug-likeness (QED) is 0.156. The molecule has 0 aliphatic carbocycles. The van der Waals surface area contributed by atoms with Crippen molar-refractivity contribution >= 4 is 45.2 Å². The lowest BCUT2D eigenvalue weighted by Crippen LogP contribution is -2.57. The highest BCUT2D eigenvalue weighted by Gasteiger charge is 2.48. The van der Waals surface area contributed by atoms with E-state index >= 15 is 4.39 Å². The highest BCUT2D eigenvalue weighted by Crippen LogP contribution is 2.44. The first-order chi connectivity index (χ1) is 24.3. The van der Waals surface area contributed by atoms with E-state index < -0.39 is 11.4 Å². The molecule has 0 spiro atoms. The Bertz CT molecular complexity index is 2160. The zero-order valence-electron chi connectivity index (χ0n) is 29.1. The second-order valence-electron chi connectivity index (χ2n) is 15.4. The molecule has 4 saturated heterocycles. The van der Waals surface area contributed by atoms with Crippen LogP contribution < -0.4 is 9.64 Å². The Morgan fingerprint density at radius 3 is 2.47 bits per heavy atom. The molecule has 0 unspecified atom stereocenters. The Labute approximate surface area is 302 Å². The Kier molecular flexibility index (Phi) is 8.00. The number of amides is 1. The molecule has 2 aromatic heterocycles. The number of aromatic nitrogens is 3. The van der Waals surface area contributed by atoms with Gasteiger partial charge in [-0.2, -0.15) is 9.97 Å². The SMILES string of the molecule is C#Cc1c(Cl)ccc2cccc(-c3ncc4c(N5C[C@H]6CC[C@@H](C5)N6C(=O)OC(C)(C)C)nc(OCC56CC(=C)CN5CC(=C)C6)nc4c3F)c12. The Hall–Kier alpha value is -4.72. The first-order valence-corrected chi connectivity index (χ1v) is 17.7. The zero-order valence-corrected chi connectivity index (χ0v) is 29.9. The molecule has 2 bridgehead atoms. The van der Waals surface area contributed by atoms with E-state index in [9.17, 15) is 4.79 Å². The Balaban J connectivity index is 1.22. The van der Waals surface area contributed by atoms with Crippen molar-refractivity contribution in [2.75, 3.05) is 37.7 Å². The summed E-state index contributed by atoms with van der Waals surface area (Å²) in [6, 6.07) is 9.03. The summed E-state index contributed by atoms with van der Waals surface area (Å²) < 4.78 is 29.3. The van der Waals surface area contributed by atoms with Gasteiger partial charge >= 0.3 is 12.1 Å². The molecule has 4 fully saturated rings. The number of pyridine rings is 1. The predicted octanol–water partition coefficient (Wildman–Crippen LogP) is 7.55. The fraction of sp³-hybridized carbons (Fsp3) is 0.400. The van der Waals surface area contributed by atoms with Gasteiger partial charge in [-0.1, -0.05) is 66.1 Å². The van der Waals surface area contributed by atoms with Crippen molar-refractivity contribution in [1.82, 2.24) is 24.8 Å². The van der Waals surface area contributed by atoms with Crippen molar-refractivity contribution in [1.29, 1.82) is 0 Å². The van der Waals surface area contributed by atoms with E-state index in [1.165, 1.54) is 0 Å². The first-order valence-electron chi connectivity index (χ1n) is 17.4. The molecule has 262 valence electrons. The smallest absolute Gasteiger partial charge is 0.410 e. The summed E-state index contributed by atoms with van der Waals surface area (Å²) in [5.74, 6) is 2.58. The van der Waals surface area contributed by atoms with Gasteiger partial charge in [0.1, 0.15) is 29.2 Å². The van der Waals surface area contributed by atoms with Gasteiger partial charge in [0.05, 0.1) is 33.6 Å². The number of hydrogen-bond donors (Lipinski definition) is 0. The second-order valence-corrected chi connectivity index (χ2v) is 15.8. The van der Waals surface area contributed by atoms with Crippen LogP contribution in [-0.2, 0) is 4.74 Å². The Morgan fingerprint density at radius 1 is 1.10 bits per heavy atom. The van der Waals surface area contributed by atoms with Gasteiger partial charge in [-0.3, -0.25) is 14.8 Å². The number of anilines is 1.